The molecule has 206 valence electrons. The Kier molecular flexibility index (Phi) is 8.50. The summed E-state index contributed by atoms with van der Waals surface area (Å²) in [6.45, 7) is 4.71. The summed E-state index contributed by atoms with van der Waals surface area (Å²) in [5, 5.41) is 50.4. The molecule has 8 nitrogen and oxygen atoms in total. The number of benzene rings is 2. The summed E-state index contributed by atoms with van der Waals surface area (Å²) in [7, 11) is 0. The molecule has 6 atom stereocenters. The van der Waals surface area contributed by atoms with E-state index in [2.05, 4.69) is 10.3 Å². The molecule has 1 aliphatic heterocycles. The van der Waals surface area contributed by atoms with E-state index in [9.17, 15) is 33.6 Å². The summed E-state index contributed by atoms with van der Waals surface area (Å²) in [5.41, 5.74) is -0.509. The Morgan fingerprint density at radius 1 is 1.11 bits per heavy atom. The molecule has 4 rings (SSSR count). The van der Waals surface area contributed by atoms with E-state index in [4.69, 9.17) is 4.74 Å². The number of aryl methyl sites for hydroxylation is 1. The van der Waals surface area contributed by atoms with Crippen molar-refractivity contribution in [3.05, 3.63) is 71.2 Å². The zero-order valence-electron chi connectivity index (χ0n) is 21.0. The average molecular weight is 554 g/mol. The van der Waals surface area contributed by atoms with Gasteiger partial charge in [-0.15, -0.1) is 16.9 Å². The van der Waals surface area contributed by atoms with Gasteiger partial charge in [-0.1, -0.05) is 36.4 Å². The molecule has 0 amide bonds. The highest BCUT2D eigenvalue weighted by Crippen LogP contribution is 2.46. The molecule has 0 aliphatic carbocycles. The zero-order valence-corrected chi connectivity index (χ0v) is 21.8. The number of aromatic nitrogens is 3. The van der Waals surface area contributed by atoms with E-state index in [1.54, 1.807) is 13.8 Å². The summed E-state index contributed by atoms with van der Waals surface area (Å²) in [6, 6.07) is 7.95. The van der Waals surface area contributed by atoms with Crippen LogP contribution in [0.5, 0.6) is 0 Å². The molecular weight excluding hydrogens is 523 g/mol. The Morgan fingerprint density at radius 2 is 1.76 bits per heavy atom. The molecule has 3 aromatic rings. The number of aliphatic hydroxyl groups excluding tert-OH is 3. The lowest BCUT2D eigenvalue weighted by Gasteiger charge is -2.44. The third kappa shape index (κ3) is 5.61. The molecule has 1 aromatic heterocycles. The van der Waals surface area contributed by atoms with Gasteiger partial charge in [-0.2, -0.15) is 0 Å². The maximum Gasteiger partial charge on any atom is 0.194 e. The summed E-state index contributed by atoms with van der Waals surface area (Å²) in [6.07, 6.45) is -1.97. The van der Waals surface area contributed by atoms with E-state index in [0.29, 0.717) is 6.42 Å². The molecule has 0 saturated carbocycles. The van der Waals surface area contributed by atoms with Crippen molar-refractivity contribution in [2.75, 3.05) is 6.61 Å². The maximum atomic E-state index is 13.8. The molecule has 0 radical (unpaired) electrons. The molecule has 1 fully saturated rings. The highest BCUT2D eigenvalue weighted by Gasteiger charge is 2.48. The Bertz CT molecular complexity index is 1250. The lowest BCUT2D eigenvalue weighted by molar-refractivity contribution is -0.179. The smallest absolute Gasteiger partial charge is 0.194 e. The van der Waals surface area contributed by atoms with Crippen LogP contribution in [-0.4, -0.2) is 71.4 Å². The van der Waals surface area contributed by atoms with E-state index in [0.717, 1.165) is 39.7 Å². The fourth-order valence-electron chi connectivity index (χ4n) is 4.62. The van der Waals surface area contributed by atoms with Crippen LogP contribution >= 0.6 is 11.8 Å². The van der Waals surface area contributed by atoms with Crippen LogP contribution in [0, 0.1) is 17.5 Å². The lowest BCUT2D eigenvalue weighted by atomic mass is 9.93. The van der Waals surface area contributed by atoms with Crippen molar-refractivity contribution in [2.24, 2.45) is 0 Å². The summed E-state index contributed by atoms with van der Waals surface area (Å²) >= 11 is 1.14. The summed E-state index contributed by atoms with van der Waals surface area (Å²) in [4.78, 5) is 0. The van der Waals surface area contributed by atoms with Crippen LogP contribution in [0.3, 0.4) is 0 Å². The van der Waals surface area contributed by atoms with Crippen molar-refractivity contribution in [1.82, 2.24) is 15.0 Å². The number of hydrogen-bond donors (Lipinski definition) is 4. The van der Waals surface area contributed by atoms with Crippen molar-refractivity contribution >= 4 is 11.8 Å². The van der Waals surface area contributed by atoms with Crippen molar-refractivity contribution in [3.63, 3.8) is 0 Å². The van der Waals surface area contributed by atoms with Gasteiger partial charge in [0, 0.05) is 5.56 Å². The minimum atomic E-state index is -1.62. The number of halogens is 3. The van der Waals surface area contributed by atoms with Crippen LogP contribution in [0.4, 0.5) is 13.2 Å². The van der Waals surface area contributed by atoms with Gasteiger partial charge in [0.05, 0.1) is 23.7 Å². The minimum absolute atomic E-state index is 0.0234. The van der Waals surface area contributed by atoms with Gasteiger partial charge in [0.25, 0.3) is 0 Å². The van der Waals surface area contributed by atoms with Crippen LogP contribution in [0.1, 0.15) is 43.2 Å². The molecule has 1 unspecified atom stereocenters. The molecule has 12 heteroatoms. The van der Waals surface area contributed by atoms with Gasteiger partial charge in [0.1, 0.15) is 35.5 Å². The standard InChI is InChI=1S/C26H30F3N3O5S/c1-4-13-7-5-6-8-15(13)24(26(2,3)36)38-25-23(35)21(22(34)19(12-33)37-25)32-11-18(30-31-32)14-9-16(27)20(29)17(28)10-14/h5-11,19,21-25,33-36H,4,12H2,1-3H3/t19-,21+,22+,23-,24?,25+/m1/s1. The van der Waals surface area contributed by atoms with Gasteiger partial charge in [0.2, 0.25) is 0 Å². The largest absolute Gasteiger partial charge is 0.394 e. The highest BCUT2D eigenvalue weighted by atomic mass is 32.2. The molecule has 0 bridgehead atoms. The summed E-state index contributed by atoms with van der Waals surface area (Å²) in [5.74, 6) is -4.42. The van der Waals surface area contributed by atoms with E-state index >= 15 is 0 Å². The first-order chi connectivity index (χ1) is 18.0. The highest BCUT2D eigenvalue weighted by molar-refractivity contribution is 8.00. The van der Waals surface area contributed by atoms with Crippen molar-refractivity contribution < 1.29 is 38.3 Å². The number of hydrogen-bond acceptors (Lipinski definition) is 8. The lowest BCUT2D eigenvalue weighted by Crippen LogP contribution is -2.55. The predicted molar refractivity (Wildman–Crippen MR) is 135 cm³/mol. The first-order valence-corrected chi connectivity index (χ1v) is 13.0. The summed E-state index contributed by atoms with van der Waals surface area (Å²) < 4.78 is 47.9. The van der Waals surface area contributed by atoms with Crippen molar-refractivity contribution in [1.29, 1.82) is 0 Å². The van der Waals surface area contributed by atoms with E-state index < -0.39 is 64.7 Å². The topological polar surface area (TPSA) is 121 Å². The van der Waals surface area contributed by atoms with E-state index in [1.807, 2.05) is 31.2 Å². The molecule has 1 aliphatic rings. The Hall–Kier alpha value is -2.48. The Balaban J connectivity index is 1.67. The van der Waals surface area contributed by atoms with E-state index in [-0.39, 0.29) is 11.3 Å². The minimum Gasteiger partial charge on any atom is -0.394 e. The third-order valence-electron chi connectivity index (χ3n) is 6.57. The maximum absolute atomic E-state index is 13.8. The zero-order chi connectivity index (χ0) is 27.8. The van der Waals surface area contributed by atoms with Crippen LogP contribution in [0.15, 0.2) is 42.6 Å². The van der Waals surface area contributed by atoms with Gasteiger partial charge in [-0.05, 0) is 43.5 Å². The fraction of sp³-hybridized carbons (Fsp3) is 0.462. The van der Waals surface area contributed by atoms with Gasteiger partial charge < -0.3 is 25.2 Å². The Morgan fingerprint density at radius 3 is 2.37 bits per heavy atom. The molecule has 1 saturated heterocycles. The molecule has 2 heterocycles. The molecule has 0 spiro atoms. The van der Waals surface area contributed by atoms with Crippen molar-refractivity contribution in [2.45, 2.75) is 67.8 Å². The molecule has 4 N–H and O–H groups in total. The molecular formula is C26H30F3N3O5S. The number of rotatable bonds is 8. The van der Waals surface area contributed by atoms with Gasteiger partial charge in [-0.25, -0.2) is 17.9 Å². The van der Waals surface area contributed by atoms with Crippen LogP contribution in [-0.2, 0) is 11.2 Å². The average Bonchev–Trinajstić information content (AvgIpc) is 3.35. The van der Waals surface area contributed by atoms with Crippen LogP contribution in [0.25, 0.3) is 11.3 Å². The number of aliphatic hydroxyl groups is 4. The number of ether oxygens (including phenoxy) is 1. The number of thioether (sulfide) groups is 1. The SMILES string of the molecule is CCc1ccccc1C(S[C@@H]1O[C@H](CO)[C@H](O)[C@H](n2cc(-c3cc(F)c(F)c(F)c3)nn2)[C@H]1O)C(C)(C)O. The fourth-order valence-corrected chi connectivity index (χ4v) is 6.12. The second-order valence-corrected chi connectivity index (χ2v) is 11.0. The monoisotopic (exact) mass is 553 g/mol. The first kappa shape index (κ1) is 28.5. The first-order valence-electron chi connectivity index (χ1n) is 12.1. The van der Waals surface area contributed by atoms with Crippen LogP contribution in [0.2, 0.25) is 0 Å². The van der Waals surface area contributed by atoms with Crippen molar-refractivity contribution in [3.8, 4) is 11.3 Å². The molecule has 2 aromatic carbocycles. The normalized spacial score (nSPS) is 24.9. The predicted octanol–water partition coefficient (Wildman–Crippen LogP) is 3.15. The second kappa shape index (κ2) is 11.3. The second-order valence-electron chi connectivity index (χ2n) is 9.76. The quantitative estimate of drug-likeness (QED) is 0.314. The van der Waals surface area contributed by atoms with Gasteiger partial charge in [-0.3, -0.25) is 0 Å². The molecule has 38 heavy (non-hydrogen) atoms. The third-order valence-corrected chi connectivity index (χ3v) is 8.34. The van der Waals surface area contributed by atoms with Gasteiger partial charge in [0.15, 0.2) is 17.5 Å². The number of nitrogens with zero attached hydrogens (tertiary/aromatic N) is 3. The van der Waals surface area contributed by atoms with Gasteiger partial charge >= 0.3 is 0 Å². The van der Waals surface area contributed by atoms with Crippen LogP contribution < -0.4 is 0 Å². The van der Waals surface area contributed by atoms with E-state index in [1.165, 1.54) is 6.20 Å². The Labute approximate surface area is 222 Å².